The van der Waals surface area contributed by atoms with E-state index in [0.717, 1.165) is 6.42 Å². The number of rotatable bonds is 7. The summed E-state index contributed by atoms with van der Waals surface area (Å²) in [6.45, 7) is 15.8. The first-order chi connectivity index (χ1) is 16.2. The van der Waals surface area contributed by atoms with Gasteiger partial charge in [0.15, 0.2) is 0 Å². The van der Waals surface area contributed by atoms with Crippen molar-refractivity contribution in [2.24, 2.45) is 0 Å². The van der Waals surface area contributed by atoms with Gasteiger partial charge in [0.2, 0.25) is 0 Å². The summed E-state index contributed by atoms with van der Waals surface area (Å²) in [6.07, 6.45) is 3.60. The van der Waals surface area contributed by atoms with E-state index >= 15 is 0 Å². The Labute approximate surface area is 265 Å². The molecule has 5 heteroatoms. The van der Waals surface area contributed by atoms with Crippen molar-refractivity contribution in [2.45, 2.75) is 67.7 Å². The van der Waals surface area contributed by atoms with Crippen LogP contribution in [0.3, 0.4) is 0 Å². The molecule has 38 heavy (non-hydrogen) atoms. The molecule has 0 nitrogen and oxygen atoms in total. The van der Waals surface area contributed by atoms with Gasteiger partial charge in [-0.05, 0) is 41.5 Å². The summed E-state index contributed by atoms with van der Waals surface area (Å²) in [5.41, 5.74) is 9.63. The Bertz CT molecular complexity index is 1140. The molecule has 4 rings (SSSR count). The molecule has 0 atom stereocenters. The summed E-state index contributed by atoms with van der Waals surface area (Å²) >= 11 is 0. The Kier molecular flexibility index (Phi) is 15.1. The topological polar surface area (TPSA) is 0 Å². The molecule has 0 spiro atoms. The van der Waals surface area contributed by atoms with Crippen LogP contribution in [0.25, 0.3) is 0 Å². The molecule has 4 aromatic rings. The number of halogens is 3. The fourth-order valence-electron chi connectivity index (χ4n) is 5.95. The minimum absolute atomic E-state index is 0. The van der Waals surface area contributed by atoms with Crippen LogP contribution in [0.5, 0.6) is 0 Å². The van der Waals surface area contributed by atoms with Crippen molar-refractivity contribution < 1.29 is 58.9 Å². The van der Waals surface area contributed by atoms with Crippen LogP contribution >= 0.6 is 0 Å². The molecule has 0 aliphatic heterocycles. The van der Waals surface area contributed by atoms with E-state index in [1.54, 1.807) is 5.19 Å². The van der Waals surface area contributed by atoms with Gasteiger partial charge in [0, 0.05) is 0 Å². The molecule has 200 valence electrons. The fraction of sp³-hybridized carbons (Fsp3) is 0.303. The summed E-state index contributed by atoms with van der Waals surface area (Å²) in [4.78, 5) is 0. The molecule has 0 heterocycles. The van der Waals surface area contributed by atoms with Crippen molar-refractivity contribution in [3.05, 3.63) is 112 Å². The Hall–Kier alpha value is -1.19. The van der Waals surface area contributed by atoms with Gasteiger partial charge < -0.3 is 37.2 Å². The first-order valence-corrected chi connectivity index (χ1v) is 14.8. The smallest absolute Gasteiger partial charge is 1.00 e. The maximum Gasteiger partial charge on any atom is 4.00 e. The van der Waals surface area contributed by atoms with Crippen molar-refractivity contribution >= 4 is 28.8 Å². The maximum atomic E-state index is 2.48. The Morgan fingerprint density at radius 3 is 1.24 bits per heavy atom. The van der Waals surface area contributed by atoms with Gasteiger partial charge in [-0.2, -0.15) is 11.6 Å². The van der Waals surface area contributed by atoms with Crippen LogP contribution in [-0.4, -0.2) is 8.07 Å². The number of hydrogen-bond donors (Lipinski definition) is 0. The quantitative estimate of drug-likeness (QED) is 0.118. The normalized spacial score (nSPS) is 10.5. The van der Waals surface area contributed by atoms with Crippen LogP contribution in [0, 0.1) is 41.5 Å². The molecule has 0 fully saturated rings. The first kappa shape index (κ1) is 36.8. The monoisotopic (exact) mass is 616 g/mol. The molecule has 0 aliphatic carbocycles. The zero-order valence-corrected chi connectivity index (χ0v) is 28.5. The van der Waals surface area contributed by atoms with Crippen LogP contribution in [0.2, 0.25) is 0 Å². The van der Waals surface area contributed by atoms with E-state index in [0.29, 0.717) is 0 Å². The van der Waals surface area contributed by atoms with Crippen molar-refractivity contribution in [1.82, 2.24) is 0 Å². The summed E-state index contributed by atoms with van der Waals surface area (Å²) < 4.78 is 0. The number of unbranched alkanes of at least 4 members (excludes halogenated alkanes) is 1. The summed E-state index contributed by atoms with van der Waals surface area (Å²) in [5, 5.41) is 6.08. The summed E-state index contributed by atoms with van der Waals surface area (Å²) in [6, 6.07) is 28.9. The SMILES string of the molecule is CCCCc1ccc[c-]1[Si](c1cc(C)cc(C)c1)(c1cc(C)cc(C)c1)c1cc(C)cc(C)c1.[Cl-].[Cl-].[Cl-].[Ti+4]. The number of hydrogen-bond acceptors (Lipinski definition) is 0. The predicted octanol–water partition coefficient (Wildman–Crippen LogP) is -3.01. The largest absolute Gasteiger partial charge is 4.00 e. The summed E-state index contributed by atoms with van der Waals surface area (Å²) in [5.74, 6) is 0. The van der Waals surface area contributed by atoms with Crippen molar-refractivity contribution in [3.63, 3.8) is 0 Å². The van der Waals surface area contributed by atoms with E-state index < -0.39 is 8.07 Å². The van der Waals surface area contributed by atoms with Gasteiger partial charge in [-0.15, -0.1) is 5.19 Å². The maximum absolute atomic E-state index is 2.53. The molecular formula is C33H39Cl3SiTi. The molecule has 0 saturated heterocycles. The van der Waals surface area contributed by atoms with Gasteiger partial charge in [0.25, 0.3) is 0 Å². The standard InChI is InChI=1S/C33H39Si.3ClH.Ti/c1-8-9-11-29-12-10-13-33(29)34(30-17-23(2)14-24(3)18-30,31-19-25(4)15-26(5)20-31)32-21-27(6)16-28(7)22-32;;;;/h10,12-22H,8-9,11H2,1-7H3;3*1H;/q-1;;;;+4/p-3. The third kappa shape index (κ3) is 7.51. The molecule has 0 unspecified atom stereocenters. The van der Waals surface area contributed by atoms with E-state index in [9.17, 15) is 0 Å². The van der Waals surface area contributed by atoms with Crippen LogP contribution in [0.1, 0.15) is 58.7 Å². The van der Waals surface area contributed by atoms with E-state index in [2.05, 4.69) is 121 Å². The average Bonchev–Trinajstić information content (AvgIpc) is 3.19. The summed E-state index contributed by atoms with van der Waals surface area (Å²) in [7, 11) is -2.53. The molecule has 0 radical (unpaired) electrons. The third-order valence-corrected chi connectivity index (χ3v) is 11.8. The van der Waals surface area contributed by atoms with Crippen molar-refractivity contribution in [1.29, 1.82) is 0 Å². The molecule has 0 amide bonds. The van der Waals surface area contributed by atoms with Crippen molar-refractivity contribution in [2.75, 3.05) is 0 Å². The zero-order valence-electron chi connectivity index (χ0n) is 23.7. The second kappa shape index (κ2) is 15.6. The second-order valence-electron chi connectivity index (χ2n) is 10.4. The average molecular weight is 618 g/mol. The van der Waals surface area contributed by atoms with E-state index in [1.165, 1.54) is 67.3 Å². The Morgan fingerprint density at radius 1 is 0.579 bits per heavy atom. The van der Waals surface area contributed by atoms with Gasteiger partial charge in [-0.3, -0.25) is 0 Å². The van der Waals surface area contributed by atoms with Crippen LogP contribution in [0.4, 0.5) is 0 Å². The predicted molar refractivity (Wildman–Crippen MR) is 153 cm³/mol. The van der Waals surface area contributed by atoms with Crippen LogP contribution in [0.15, 0.2) is 72.8 Å². The number of aryl methyl sites for hydroxylation is 7. The van der Waals surface area contributed by atoms with E-state index in [4.69, 9.17) is 0 Å². The van der Waals surface area contributed by atoms with Gasteiger partial charge in [0.1, 0.15) is 8.07 Å². The molecule has 0 saturated carbocycles. The van der Waals surface area contributed by atoms with E-state index in [1.807, 2.05) is 0 Å². The van der Waals surface area contributed by atoms with Gasteiger partial charge in [0.05, 0.1) is 0 Å². The first-order valence-electron chi connectivity index (χ1n) is 12.8. The molecule has 0 N–H and O–H groups in total. The van der Waals surface area contributed by atoms with Gasteiger partial charge >= 0.3 is 21.7 Å². The Balaban J connectivity index is 0.00000342. The molecule has 0 aromatic heterocycles. The van der Waals surface area contributed by atoms with Gasteiger partial charge in [-0.25, -0.2) is 12.1 Å². The molecular weight excluding hydrogens is 579 g/mol. The minimum Gasteiger partial charge on any atom is -1.00 e. The minimum atomic E-state index is -2.53. The molecule has 0 bridgehead atoms. The number of benzene rings is 3. The fourth-order valence-corrected chi connectivity index (χ4v) is 11.6. The molecule has 4 aromatic carbocycles. The van der Waals surface area contributed by atoms with Crippen molar-refractivity contribution in [3.8, 4) is 0 Å². The molecule has 0 aliphatic rings. The van der Waals surface area contributed by atoms with Crippen LogP contribution < -0.4 is 58.0 Å². The van der Waals surface area contributed by atoms with Gasteiger partial charge in [-0.1, -0.05) is 130 Å². The zero-order chi connectivity index (χ0) is 24.5. The second-order valence-corrected chi connectivity index (χ2v) is 14.2. The van der Waals surface area contributed by atoms with Crippen LogP contribution in [-0.2, 0) is 28.1 Å². The Morgan fingerprint density at radius 2 is 0.921 bits per heavy atom. The third-order valence-electron chi connectivity index (χ3n) is 7.07. The van der Waals surface area contributed by atoms with E-state index in [-0.39, 0.29) is 58.9 Å².